The molecule has 0 aromatic heterocycles. The fourth-order valence-electron chi connectivity index (χ4n) is 2.22. The van der Waals surface area contributed by atoms with E-state index >= 15 is 0 Å². The lowest BCUT2D eigenvalue weighted by molar-refractivity contribution is -0.581. The van der Waals surface area contributed by atoms with Gasteiger partial charge in [-0.05, 0) is 6.42 Å². The summed E-state index contributed by atoms with van der Waals surface area (Å²) in [5.74, 6) is 0. The number of fused-ring (bicyclic) bond motifs is 2. The SMILES string of the molecule is C=[N+]1C2CCCC1CC2. The Bertz CT molecular complexity index is 122. The first-order valence-electron chi connectivity index (χ1n) is 3.97. The second-order valence-electron chi connectivity index (χ2n) is 3.33. The minimum atomic E-state index is 0.851. The molecule has 2 aliphatic rings. The predicted molar refractivity (Wildman–Crippen MR) is 38.0 cm³/mol. The maximum atomic E-state index is 4.06. The van der Waals surface area contributed by atoms with Crippen molar-refractivity contribution in [2.24, 2.45) is 0 Å². The minimum absolute atomic E-state index is 0.851. The summed E-state index contributed by atoms with van der Waals surface area (Å²) in [6.45, 7) is 4.06. The molecule has 2 atom stereocenters. The van der Waals surface area contributed by atoms with Crippen molar-refractivity contribution in [2.75, 3.05) is 0 Å². The van der Waals surface area contributed by atoms with Gasteiger partial charge >= 0.3 is 0 Å². The van der Waals surface area contributed by atoms with Crippen molar-refractivity contribution in [2.45, 2.75) is 44.2 Å². The van der Waals surface area contributed by atoms with Crippen LogP contribution in [-0.2, 0) is 0 Å². The van der Waals surface area contributed by atoms with Crippen LogP contribution in [0.1, 0.15) is 32.1 Å². The second-order valence-corrected chi connectivity index (χ2v) is 3.33. The quantitative estimate of drug-likeness (QED) is 0.430. The van der Waals surface area contributed by atoms with E-state index in [-0.39, 0.29) is 0 Å². The van der Waals surface area contributed by atoms with Gasteiger partial charge in [-0.2, -0.15) is 0 Å². The minimum Gasteiger partial charge on any atom is -0.237 e. The fraction of sp³-hybridized carbons (Fsp3) is 0.875. The molecule has 0 N–H and O–H groups in total. The van der Waals surface area contributed by atoms with Gasteiger partial charge in [-0.25, -0.2) is 4.58 Å². The van der Waals surface area contributed by atoms with Gasteiger partial charge in [-0.3, -0.25) is 0 Å². The normalized spacial score (nSPS) is 41.6. The maximum Gasteiger partial charge on any atom is 0.152 e. The highest BCUT2D eigenvalue weighted by Gasteiger charge is 2.38. The maximum absolute atomic E-state index is 4.06. The summed E-state index contributed by atoms with van der Waals surface area (Å²) in [6, 6.07) is 1.70. The summed E-state index contributed by atoms with van der Waals surface area (Å²) in [6.07, 6.45) is 7.07. The summed E-state index contributed by atoms with van der Waals surface area (Å²) in [5.41, 5.74) is 0. The number of rotatable bonds is 0. The average Bonchev–Trinajstić information content (AvgIpc) is 2.19. The first-order chi connectivity index (χ1) is 4.38. The van der Waals surface area contributed by atoms with Crippen LogP contribution in [0.15, 0.2) is 0 Å². The van der Waals surface area contributed by atoms with Crippen molar-refractivity contribution in [3.63, 3.8) is 0 Å². The molecule has 2 unspecified atom stereocenters. The Morgan fingerprint density at radius 3 is 2.00 bits per heavy atom. The molecule has 2 fully saturated rings. The van der Waals surface area contributed by atoms with E-state index in [9.17, 15) is 0 Å². The van der Waals surface area contributed by atoms with Crippen LogP contribution >= 0.6 is 0 Å². The second kappa shape index (κ2) is 1.83. The van der Waals surface area contributed by atoms with E-state index in [4.69, 9.17) is 0 Å². The lowest BCUT2D eigenvalue weighted by Crippen LogP contribution is -2.29. The van der Waals surface area contributed by atoms with Crippen LogP contribution in [-0.4, -0.2) is 23.4 Å². The molecule has 0 aromatic rings. The summed E-state index contributed by atoms with van der Waals surface area (Å²) in [4.78, 5) is 0. The Balaban J connectivity index is 2.19. The Labute approximate surface area is 56.4 Å². The molecule has 2 aliphatic heterocycles. The monoisotopic (exact) mass is 124 g/mol. The molecule has 2 bridgehead atoms. The third-order valence-corrected chi connectivity index (χ3v) is 2.85. The number of hydrogen-bond donors (Lipinski definition) is 0. The van der Waals surface area contributed by atoms with Gasteiger partial charge in [-0.1, -0.05) is 0 Å². The zero-order valence-corrected chi connectivity index (χ0v) is 5.84. The van der Waals surface area contributed by atoms with Crippen LogP contribution in [0.3, 0.4) is 0 Å². The van der Waals surface area contributed by atoms with Crippen LogP contribution in [0.4, 0.5) is 0 Å². The molecular formula is C8H14N+. The van der Waals surface area contributed by atoms with Gasteiger partial charge in [0.15, 0.2) is 12.1 Å². The van der Waals surface area contributed by atoms with E-state index in [0.29, 0.717) is 0 Å². The Kier molecular flexibility index (Phi) is 1.11. The molecule has 1 nitrogen and oxygen atoms in total. The highest BCUT2D eigenvalue weighted by Crippen LogP contribution is 2.30. The molecule has 1 heteroatoms. The average molecular weight is 124 g/mol. The van der Waals surface area contributed by atoms with E-state index in [2.05, 4.69) is 11.3 Å². The zero-order chi connectivity index (χ0) is 6.27. The van der Waals surface area contributed by atoms with E-state index < -0.39 is 0 Å². The van der Waals surface area contributed by atoms with Crippen LogP contribution in [0, 0.1) is 0 Å². The molecule has 50 valence electrons. The first kappa shape index (κ1) is 5.45. The van der Waals surface area contributed by atoms with E-state index in [0.717, 1.165) is 12.1 Å². The zero-order valence-electron chi connectivity index (χ0n) is 5.84. The Morgan fingerprint density at radius 1 is 1.00 bits per heavy atom. The topological polar surface area (TPSA) is 3.01 Å². The standard InChI is InChI=1S/C8H14N/c1-9-7-3-2-4-8(9)6-5-7/h7-8H,1-6H2/q+1. The molecule has 0 aromatic carbocycles. The molecule has 2 saturated heterocycles. The van der Waals surface area contributed by atoms with Crippen molar-refractivity contribution in [3.8, 4) is 0 Å². The summed E-state index contributed by atoms with van der Waals surface area (Å²) in [5, 5.41) is 0. The number of nitrogens with zero attached hydrogens (tertiary/aromatic N) is 1. The van der Waals surface area contributed by atoms with Gasteiger partial charge in [0, 0.05) is 25.7 Å². The molecule has 2 rings (SSSR count). The van der Waals surface area contributed by atoms with Crippen molar-refractivity contribution in [1.82, 2.24) is 0 Å². The molecule has 9 heavy (non-hydrogen) atoms. The van der Waals surface area contributed by atoms with Crippen molar-refractivity contribution >= 4 is 6.72 Å². The van der Waals surface area contributed by atoms with Gasteiger partial charge in [0.05, 0.1) is 0 Å². The van der Waals surface area contributed by atoms with Gasteiger partial charge < -0.3 is 0 Å². The molecular weight excluding hydrogens is 110 g/mol. The first-order valence-corrected chi connectivity index (χ1v) is 3.97. The molecule has 0 spiro atoms. The van der Waals surface area contributed by atoms with Crippen LogP contribution < -0.4 is 0 Å². The third kappa shape index (κ3) is 0.707. The summed E-state index contributed by atoms with van der Waals surface area (Å²) >= 11 is 0. The van der Waals surface area contributed by atoms with Crippen LogP contribution in [0.25, 0.3) is 0 Å². The smallest absolute Gasteiger partial charge is 0.152 e. The molecule has 2 heterocycles. The van der Waals surface area contributed by atoms with Crippen LogP contribution in [0.5, 0.6) is 0 Å². The van der Waals surface area contributed by atoms with Gasteiger partial charge in [0.25, 0.3) is 0 Å². The van der Waals surface area contributed by atoms with Gasteiger partial charge in [-0.15, -0.1) is 0 Å². The van der Waals surface area contributed by atoms with E-state index in [1.54, 1.807) is 0 Å². The van der Waals surface area contributed by atoms with Gasteiger partial charge in [0.1, 0.15) is 6.72 Å². The van der Waals surface area contributed by atoms with E-state index in [1.807, 2.05) is 0 Å². The molecule has 0 amide bonds. The molecule has 0 aliphatic carbocycles. The highest BCUT2D eigenvalue weighted by atomic mass is 15.1. The summed E-state index contributed by atoms with van der Waals surface area (Å²) in [7, 11) is 0. The molecule has 0 radical (unpaired) electrons. The third-order valence-electron chi connectivity index (χ3n) is 2.85. The number of hydrogen-bond acceptors (Lipinski definition) is 0. The Hall–Kier alpha value is -0.330. The summed E-state index contributed by atoms with van der Waals surface area (Å²) < 4.78 is 2.34. The predicted octanol–water partition coefficient (Wildman–Crippen LogP) is 1.41. The van der Waals surface area contributed by atoms with Crippen molar-refractivity contribution < 1.29 is 4.58 Å². The van der Waals surface area contributed by atoms with Crippen molar-refractivity contribution in [3.05, 3.63) is 0 Å². The highest BCUT2D eigenvalue weighted by molar-refractivity contribution is 5.16. The van der Waals surface area contributed by atoms with E-state index in [1.165, 1.54) is 32.1 Å². The van der Waals surface area contributed by atoms with Crippen molar-refractivity contribution in [1.29, 1.82) is 0 Å². The van der Waals surface area contributed by atoms with Crippen LogP contribution in [0.2, 0.25) is 0 Å². The fourth-order valence-corrected chi connectivity index (χ4v) is 2.22. The lowest BCUT2D eigenvalue weighted by atomic mass is 10.1. The molecule has 0 saturated carbocycles. The largest absolute Gasteiger partial charge is 0.237 e. The lowest BCUT2D eigenvalue weighted by Gasteiger charge is -2.16. The Morgan fingerprint density at radius 2 is 1.56 bits per heavy atom. The number of piperidine rings is 1. The van der Waals surface area contributed by atoms with Gasteiger partial charge in [0.2, 0.25) is 0 Å².